The lowest BCUT2D eigenvalue weighted by atomic mass is 9.79. The number of piperidine rings is 1. The van der Waals surface area contributed by atoms with Crippen LogP contribution in [0.15, 0.2) is 12.1 Å². The van der Waals surface area contributed by atoms with Crippen molar-refractivity contribution in [1.29, 1.82) is 0 Å². The minimum absolute atomic E-state index is 0.0475. The average Bonchev–Trinajstić information content (AvgIpc) is 3.12. The average molecular weight is 378 g/mol. The molecule has 0 atom stereocenters. The summed E-state index contributed by atoms with van der Waals surface area (Å²) >= 11 is 1.45. The van der Waals surface area contributed by atoms with Gasteiger partial charge >= 0.3 is 0 Å². The van der Waals surface area contributed by atoms with Crippen LogP contribution in [-0.4, -0.2) is 48.4 Å². The summed E-state index contributed by atoms with van der Waals surface area (Å²) in [6.45, 7) is 5.04. The fourth-order valence-electron chi connectivity index (χ4n) is 4.31. The van der Waals surface area contributed by atoms with Crippen LogP contribution in [0.5, 0.6) is 0 Å². The summed E-state index contributed by atoms with van der Waals surface area (Å²) in [6, 6.07) is 3.73. The Labute approximate surface area is 160 Å². The molecule has 1 aliphatic heterocycles. The van der Waals surface area contributed by atoms with Crippen LogP contribution in [0.25, 0.3) is 0 Å². The topological polar surface area (TPSA) is 61.4 Å². The summed E-state index contributed by atoms with van der Waals surface area (Å²) in [5.74, 6) is -0.254. The van der Waals surface area contributed by atoms with Gasteiger partial charge < -0.3 is 10.6 Å². The molecule has 1 saturated carbocycles. The van der Waals surface area contributed by atoms with E-state index in [0.29, 0.717) is 11.4 Å². The molecule has 26 heavy (non-hydrogen) atoms. The normalized spacial score (nSPS) is 20.5. The first kappa shape index (κ1) is 19.4. The van der Waals surface area contributed by atoms with E-state index in [2.05, 4.69) is 15.5 Å². The van der Waals surface area contributed by atoms with Gasteiger partial charge in [0.05, 0.1) is 11.4 Å². The highest BCUT2D eigenvalue weighted by Gasteiger charge is 2.38. The zero-order valence-electron chi connectivity index (χ0n) is 15.8. The van der Waals surface area contributed by atoms with Crippen LogP contribution in [0.3, 0.4) is 0 Å². The highest BCUT2D eigenvalue weighted by atomic mass is 32.1. The minimum atomic E-state index is -0.165. The van der Waals surface area contributed by atoms with Crippen LogP contribution >= 0.6 is 11.3 Å². The molecule has 1 aromatic rings. The Morgan fingerprint density at radius 1 is 1.04 bits per heavy atom. The van der Waals surface area contributed by atoms with Gasteiger partial charge in [-0.2, -0.15) is 0 Å². The monoisotopic (exact) mass is 377 g/mol. The molecule has 2 aliphatic rings. The lowest BCUT2D eigenvalue weighted by molar-refractivity contribution is -0.121. The number of thiophene rings is 1. The maximum atomic E-state index is 12.3. The fraction of sp³-hybridized carbons (Fsp3) is 0.700. The van der Waals surface area contributed by atoms with Gasteiger partial charge in [0.1, 0.15) is 0 Å². The largest absolute Gasteiger partial charge is 0.353 e. The number of hydrogen-bond donors (Lipinski definition) is 2. The third-order valence-corrected chi connectivity index (χ3v) is 6.80. The molecule has 2 fully saturated rings. The van der Waals surface area contributed by atoms with Crippen LogP contribution in [-0.2, 0) is 4.79 Å². The number of carbonyl (C=O) groups is 2. The SMILES string of the molecule is Cc1ccc(C(=O)NCC(=O)NCC2(N3CCCCC3)CCCCC2)s1. The molecule has 0 radical (unpaired) electrons. The molecular formula is C20H31N3O2S. The van der Waals surface area contributed by atoms with Gasteiger partial charge in [0.2, 0.25) is 5.91 Å². The Hall–Kier alpha value is -1.40. The fourth-order valence-corrected chi connectivity index (χ4v) is 5.10. The van der Waals surface area contributed by atoms with Crippen LogP contribution in [0, 0.1) is 6.92 Å². The number of nitrogens with zero attached hydrogens (tertiary/aromatic N) is 1. The van der Waals surface area contributed by atoms with Crippen molar-refractivity contribution in [2.45, 2.75) is 63.8 Å². The second-order valence-corrected chi connectivity index (χ2v) is 8.99. The molecule has 0 bridgehead atoms. The van der Waals surface area contributed by atoms with Crippen molar-refractivity contribution in [3.63, 3.8) is 0 Å². The Bertz CT molecular complexity index is 616. The predicted molar refractivity (Wildman–Crippen MR) is 106 cm³/mol. The summed E-state index contributed by atoms with van der Waals surface area (Å²) in [5, 5.41) is 5.85. The maximum absolute atomic E-state index is 12.3. The molecule has 144 valence electrons. The van der Waals surface area contributed by atoms with Gasteiger partial charge in [-0.1, -0.05) is 25.7 Å². The van der Waals surface area contributed by atoms with E-state index in [9.17, 15) is 9.59 Å². The van der Waals surface area contributed by atoms with E-state index < -0.39 is 0 Å². The minimum Gasteiger partial charge on any atom is -0.353 e. The van der Waals surface area contributed by atoms with Crippen molar-refractivity contribution in [3.05, 3.63) is 21.9 Å². The third kappa shape index (κ3) is 4.86. The van der Waals surface area contributed by atoms with Gasteiger partial charge in [-0.3, -0.25) is 14.5 Å². The standard InChI is InChI=1S/C20H31N3O2S/c1-16-8-9-17(26-16)19(25)21-14-18(24)22-15-20(10-4-2-5-11-20)23-12-6-3-7-13-23/h8-9H,2-7,10-15H2,1H3,(H,21,25)(H,22,24). The molecule has 2 amide bonds. The van der Waals surface area contributed by atoms with Crippen molar-refractivity contribution < 1.29 is 9.59 Å². The Kier molecular flexibility index (Phi) is 6.70. The van der Waals surface area contributed by atoms with E-state index in [0.717, 1.165) is 18.0 Å². The van der Waals surface area contributed by atoms with Gasteiger partial charge in [-0.25, -0.2) is 0 Å². The summed E-state index contributed by atoms with van der Waals surface area (Å²) in [4.78, 5) is 28.8. The van der Waals surface area contributed by atoms with Gasteiger partial charge in [0.15, 0.2) is 0 Å². The first-order valence-electron chi connectivity index (χ1n) is 9.95. The van der Waals surface area contributed by atoms with Gasteiger partial charge in [-0.05, 0) is 57.8 Å². The lowest BCUT2D eigenvalue weighted by Crippen LogP contribution is -2.58. The first-order chi connectivity index (χ1) is 12.6. The van der Waals surface area contributed by atoms with Gasteiger partial charge in [0.25, 0.3) is 5.91 Å². The summed E-state index contributed by atoms with van der Waals surface area (Å²) < 4.78 is 0. The van der Waals surface area contributed by atoms with Crippen LogP contribution in [0.4, 0.5) is 0 Å². The van der Waals surface area contributed by atoms with Crippen molar-refractivity contribution in [1.82, 2.24) is 15.5 Å². The Balaban J connectivity index is 1.50. The van der Waals surface area contributed by atoms with Crippen molar-refractivity contribution in [3.8, 4) is 0 Å². The molecule has 6 heteroatoms. The molecule has 0 aromatic carbocycles. The lowest BCUT2D eigenvalue weighted by Gasteiger charge is -2.48. The maximum Gasteiger partial charge on any atom is 0.261 e. The summed E-state index contributed by atoms with van der Waals surface area (Å²) in [7, 11) is 0. The number of amides is 2. The van der Waals surface area contributed by atoms with E-state index in [4.69, 9.17) is 0 Å². The quantitative estimate of drug-likeness (QED) is 0.801. The Morgan fingerprint density at radius 2 is 1.73 bits per heavy atom. The number of nitrogens with one attached hydrogen (secondary N) is 2. The smallest absolute Gasteiger partial charge is 0.261 e. The Morgan fingerprint density at radius 3 is 2.38 bits per heavy atom. The van der Waals surface area contributed by atoms with Crippen LogP contribution in [0.1, 0.15) is 65.9 Å². The highest BCUT2D eigenvalue weighted by molar-refractivity contribution is 7.13. The van der Waals surface area contributed by atoms with E-state index >= 15 is 0 Å². The zero-order valence-corrected chi connectivity index (χ0v) is 16.6. The molecule has 2 heterocycles. The van der Waals surface area contributed by atoms with Gasteiger partial charge in [-0.15, -0.1) is 11.3 Å². The molecule has 1 aromatic heterocycles. The van der Waals surface area contributed by atoms with E-state index in [1.165, 1.54) is 62.7 Å². The first-order valence-corrected chi connectivity index (χ1v) is 10.8. The van der Waals surface area contributed by atoms with Crippen molar-refractivity contribution in [2.24, 2.45) is 0 Å². The number of hydrogen-bond acceptors (Lipinski definition) is 4. The number of aryl methyl sites for hydroxylation is 1. The van der Waals surface area contributed by atoms with Crippen molar-refractivity contribution in [2.75, 3.05) is 26.2 Å². The van der Waals surface area contributed by atoms with Gasteiger partial charge in [0, 0.05) is 17.0 Å². The molecule has 2 N–H and O–H groups in total. The summed E-state index contributed by atoms with van der Waals surface area (Å²) in [5.41, 5.74) is 0.128. The third-order valence-electron chi connectivity index (χ3n) is 5.80. The van der Waals surface area contributed by atoms with E-state index in [1.54, 1.807) is 6.07 Å². The van der Waals surface area contributed by atoms with E-state index in [1.807, 2.05) is 13.0 Å². The zero-order chi connectivity index (χ0) is 18.4. The molecule has 1 aliphatic carbocycles. The van der Waals surface area contributed by atoms with Crippen LogP contribution < -0.4 is 10.6 Å². The number of carbonyl (C=O) groups excluding carboxylic acids is 2. The second-order valence-electron chi connectivity index (χ2n) is 7.70. The predicted octanol–water partition coefficient (Wildman–Crippen LogP) is 3.09. The van der Waals surface area contributed by atoms with Crippen LogP contribution in [0.2, 0.25) is 0 Å². The molecule has 0 spiro atoms. The van der Waals surface area contributed by atoms with Crippen molar-refractivity contribution >= 4 is 23.2 Å². The second kappa shape index (κ2) is 9.00. The summed E-state index contributed by atoms with van der Waals surface area (Å²) in [6.07, 6.45) is 10.0. The number of likely N-dealkylation sites (tertiary alicyclic amines) is 1. The molecule has 5 nitrogen and oxygen atoms in total. The molecule has 1 saturated heterocycles. The molecular weight excluding hydrogens is 346 g/mol. The molecule has 3 rings (SSSR count). The number of rotatable bonds is 6. The molecule has 0 unspecified atom stereocenters. The highest BCUT2D eigenvalue weighted by Crippen LogP contribution is 2.35. The van der Waals surface area contributed by atoms with E-state index in [-0.39, 0.29) is 23.9 Å².